The molecule has 0 saturated heterocycles. The van der Waals surface area contributed by atoms with Crippen molar-refractivity contribution in [1.29, 1.82) is 0 Å². The number of aliphatic imine (C=N–C) groups is 1. The molecular weight excluding hydrogens is 443 g/mol. The molecule has 3 N–H and O–H groups in total. The normalized spacial score (nSPS) is 11.5. The minimum atomic E-state index is -0.244. The summed E-state index contributed by atoms with van der Waals surface area (Å²) in [7, 11) is 0. The molecule has 0 aliphatic heterocycles. The molecular formula is C19H33IN4O2. The first-order valence-electron chi connectivity index (χ1n) is 8.83. The summed E-state index contributed by atoms with van der Waals surface area (Å²) < 4.78 is 5.51. The molecule has 0 bridgehead atoms. The molecule has 1 aromatic carbocycles. The number of benzene rings is 1. The molecule has 0 aliphatic rings. The lowest BCUT2D eigenvalue weighted by atomic mass is 10.1. The van der Waals surface area contributed by atoms with Gasteiger partial charge >= 0.3 is 0 Å². The third-order valence-electron chi connectivity index (χ3n) is 3.26. The molecule has 0 aromatic heterocycles. The van der Waals surface area contributed by atoms with Crippen LogP contribution in [0.2, 0.25) is 0 Å². The number of nitrogens with zero attached hydrogens (tertiary/aromatic N) is 1. The first kappa shape index (κ1) is 24.7. The summed E-state index contributed by atoms with van der Waals surface area (Å²) in [5, 5.41) is 9.15. The van der Waals surface area contributed by atoms with Crippen LogP contribution in [-0.2, 0) is 22.7 Å². The maximum Gasteiger partial charge on any atom is 0.239 e. The number of hydrogen-bond acceptors (Lipinski definition) is 3. The molecule has 0 spiro atoms. The van der Waals surface area contributed by atoms with Crippen LogP contribution in [0.5, 0.6) is 0 Å². The highest BCUT2D eigenvalue weighted by atomic mass is 127. The van der Waals surface area contributed by atoms with Crippen molar-refractivity contribution in [1.82, 2.24) is 16.0 Å². The zero-order valence-electron chi connectivity index (χ0n) is 16.5. The lowest BCUT2D eigenvalue weighted by molar-refractivity contribution is -0.121. The van der Waals surface area contributed by atoms with Crippen molar-refractivity contribution >= 4 is 35.8 Å². The number of amides is 1. The standard InChI is InChI=1S/C19H32N4O2.HI/c1-6-20-18(22-13-17(24)23-19(3,4)5)21-12-15-10-8-9-11-16(15)14-25-7-2;/h8-11H,6-7,12-14H2,1-5H3,(H,23,24)(H2,20,21,22);1H. The van der Waals surface area contributed by atoms with Crippen LogP contribution in [0.1, 0.15) is 45.7 Å². The first-order valence-corrected chi connectivity index (χ1v) is 8.83. The van der Waals surface area contributed by atoms with Gasteiger partial charge in [-0.25, -0.2) is 4.99 Å². The molecule has 1 aromatic rings. The number of carbonyl (C=O) groups is 1. The number of rotatable bonds is 8. The van der Waals surface area contributed by atoms with Crippen LogP contribution in [0.25, 0.3) is 0 Å². The molecule has 0 unspecified atom stereocenters. The maximum atomic E-state index is 11.9. The SMILES string of the molecule is CCNC(=NCc1ccccc1COCC)NCC(=O)NC(C)(C)C.I. The fraction of sp³-hybridized carbons (Fsp3) is 0.579. The van der Waals surface area contributed by atoms with E-state index in [-0.39, 0.29) is 42.0 Å². The topological polar surface area (TPSA) is 74.8 Å². The van der Waals surface area contributed by atoms with Gasteiger partial charge in [0.25, 0.3) is 0 Å². The minimum Gasteiger partial charge on any atom is -0.377 e. The molecule has 7 heteroatoms. The molecule has 0 atom stereocenters. The third-order valence-corrected chi connectivity index (χ3v) is 3.26. The van der Waals surface area contributed by atoms with Gasteiger partial charge in [-0.3, -0.25) is 4.79 Å². The van der Waals surface area contributed by atoms with Crippen LogP contribution >= 0.6 is 24.0 Å². The Hall–Kier alpha value is -1.35. The third kappa shape index (κ3) is 10.6. The van der Waals surface area contributed by atoms with Crippen LogP contribution in [0.3, 0.4) is 0 Å². The lowest BCUT2D eigenvalue weighted by Crippen LogP contribution is -2.48. The van der Waals surface area contributed by atoms with Gasteiger partial charge in [0.1, 0.15) is 0 Å². The average Bonchev–Trinajstić information content (AvgIpc) is 2.54. The highest BCUT2D eigenvalue weighted by Gasteiger charge is 2.13. The molecule has 6 nitrogen and oxygen atoms in total. The predicted molar refractivity (Wildman–Crippen MR) is 118 cm³/mol. The predicted octanol–water partition coefficient (Wildman–Crippen LogP) is 2.81. The summed E-state index contributed by atoms with van der Waals surface area (Å²) in [6, 6.07) is 8.10. The second-order valence-electron chi connectivity index (χ2n) is 6.75. The van der Waals surface area contributed by atoms with Crippen LogP contribution in [0.15, 0.2) is 29.3 Å². The van der Waals surface area contributed by atoms with Gasteiger partial charge in [-0.2, -0.15) is 0 Å². The number of hydrogen-bond donors (Lipinski definition) is 3. The Morgan fingerprint density at radius 3 is 2.35 bits per heavy atom. The van der Waals surface area contributed by atoms with Crippen LogP contribution in [0, 0.1) is 0 Å². The number of guanidine groups is 1. The van der Waals surface area contributed by atoms with Crippen molar-refractivity contribution in [3.63, 3.8) is 0 Å². The zero-order valence-corrected chi connectivity index (χ0v) is 18.8. The quantitative estimate of drug-likeness (QED) is 0.307. The Balaban J connectivity index is 0.00000625. The fourth-order valence-electron chi connectivity index (χ4n) is 2.20. The van der Waals surface area contributed by atoms with Crippen LogP contribution in [0.4, 0.5) is 0 Å². The van der Waals surface area contributed by atoms with E-state index in [1.54, 1.807) is 0 Å². The van der Waals surface area contributed by atoms with E-state index in [2.05, 4.69) is 27.0 Å². The van der Waals surface area contributed by atoms with Crippen LogP contribution < -0.4 is 16.0 Å². The van der Waals surface area contributed by atoms with E-state index in [0.29, 0.717) is 25.7 Å². The average molecular weight is 476 g/mol. The van der Waals surface area contributed by atoms with Gasteiger partial charge in [-0.1, -0.05) is 24.3 Å². The molecule has 1 rings (SSSR count). The van der Waals surface area contributed by atoms with Gasteiger partial charge in [0.05, 0.1) is 19.7 Å². The Morgan fingerprint density at radius 2 is 1.77 bits per heavy atom. The summed E-state index contributed by atoms with van der Waals surface area (Å²) in [6.07, 6.45) is 0. The number of ether oxygens (including phenoxy) is 1. The van der Waals surface area contributed by atoms with Gasteiger partial charge in [0.15, 0.2) is 5.96 Å². The summed E-state index contributed by atoms with van der Waals surface area (Å²) >= 11 is 0. The Morgan fingerprint density at radius 1 is 1.12 bits per heavy atom. The van der Waals surface area contributed by atoms with Gasteiger partial charge in [0.2, 0.25) is 5.91 Å². The smallest absolute Gasteiger partial charge is 0.239 e. The van der Waals surface area contributed by atoms with Crippen molar-refractivity contribution < 1.29 is 9.53 Å². The number of halogens is 1. The van der Waals surface area contributed by atoms with E-state index in [4.69, 9.17) is 4.74 Å². The summed E-state index contributed by atoms with van der Waals surface area (Å²) in [5.41, 5.74) is 2.01. The molecule has 0 saturated carbocycles. The van der Waals surface area contributed by atoms with Crippen molar-refractivity contribution in [3.05, 3.63) is 35.4 Å². The molecule has 0 radical (unpaired) electrons. The number of nitrogens with one attached hydrogen (secondary N) is 3. The van der Waals surface area contributed by atoms with E-state index in [9.17, 15) is 4.79 Å². The first-order chi connectivity index (χ1) is 11.9. The Kier molecular flexibility index (Phi) is 12.2. The largest absolute Gasteiger partial charge is 0.377 e. The van der Waals surface area contributed by atoms with Crippen molar-refractivity contribution in [2.75, 3.05) is 19.7 Å². The van der Waals surface area contributed by atoms with Gasteiger partial charge < -0.3 is 20.7 Å². The molecule has 0 heterocycles. The van der Waals surface area contributed by atoms with E-state index in [1.165, 1.54) is 0 Å². The Bertz CT molecular complexity index is 571. The van der Waals surface area contributed by atoms with E-state index >= 15 is 0 Å². The van der Waals surface area contributed by atoms with E-state index in [1.807, 2.05) is 52.8 Å². The fourth-order valence-corrected chi connectivity index (χ4v) is 2.20. The molecule has 26 heavy (non-hydrogen) atoms. The maximum absolute atomic E-state index is 11.9. The van der Waals surface area contributed by atoms with Crippen LogP contribution in [-0.4, -0.2) is 37.1 Å². The van der Waals surface area contributed by atoms with Gasteiger partial charge in [0, 0.05) is 18.7 Å². The summed E-state index contributed by atoms with van der Waals surface area (Å²) in [4.78, 5) is 16.5. The van der Waals surface area contributed by atoms with Crippen molar-refractivity contribution in [2.24, 2.45) is 4.99 Å². The summed E-state index contributed by atoms with van der Waals surface area (Å²) in [6.45, 7) is 12.6. The molecule has 148 valence electrons. The number of carbonyl (C=O) groups excluding carboxylic acids is 1. The second-order valence-corrected chi connectivity index (χ2v) is 6.75. The molecule has 1 amide bonds. The highest BCUT2D eigenvalue weighted by Crippen LogP contribution is 2.11. The van der Waals surface area contributed by atoms with E-state index < -0.39 is 0 Å². The monoisotopic (exact) mass is 476 g/mol. The minimum absolute atomic E-state index is 0. The van der Waals surface area contributed by atoms with Crippen molar-refractivity contribution in [3.8, 4) is 0 Å². The van der Waals surface area contributed by atoms with E-state index in [0.717, 1.165) is 17.7 Å². The molecule has 0 fully saturated rings. The van der Waals surface area contributed by atoms with Gasteiger partial charge in [-0.15, -0.1) is 24.0 Å². The Labute approximate surface area is 174 Å². The van der Waals surface area contributed by atoms with Gasteiger partial charge in [-0.05, 0) is 45.7 Å². The highest BCUT2D eigenvalue weighted by molar-refractivity contribution is 14.0. The summed E-state index contributed by atoms with van der Waals surface area (Å²) in [5.74, 6) is 0.563. The van der Waals surface area contributed by atoms with Crippen molar-refractivity contribution in [2.45, 2.75) is 53.3 Å². The zero-order chi connectivity index (χ0) is 18.7. The molecule has 0 aliphatic carbocycles. The second kappa shape index (κ2) is 12.9. The lowest BCUT2D eigenvalue weighted by Gasteiger charge is -2.21.